The zero-order chi connectivity index (χ0) is 17.8. The third-order valence-corrected chi connectivity index (χ3v) is 3.55. The Labute approximate surface area is 143 Å². The number of hydrogen-bond donors (Lipinski definition) is 2. The topological polar surface area (TPSA) is 96.4 Å². The first-order valence-electron chi connectivity index (χ1n) is 7.56. The van der Waals surface area contributed by atoms with Gasteiger partial charge in [-0.05, 0) is 31.2 Å². The first-order valence-corrected chi connectivity index (χ1v) is 7.56. The average molecular weight is 336 g/mol. The number of carbonyl (C=O) groups excluding carboxylic acids is 1. The lowest BCUT2D eigenvalue weighted by Crippen LogP contribution is -2.28. The van der Waals surface area contributed by atoms with E-state index < -0.39 is 11.5 Å². The van der Waals surface area contributed by atoms with Crippen molar-refractivity contribution < 1.29 is 9.53 Å². The van der Waals surface area contributed by atoms with Gasteiger partial charge in [-0.1, -0.05) is 29.8 Å². The van der Waals surface area contributed by atoms with Crippen LogP contribution in [0.25, 0.3) is 11.0 Å². The van der Waals surface area contributed by atoms with Crippen LogP contribution >= 0.6 is 0 Å². The number of aromatic nitrogens is 2. The van der Waals surface area contributed by atoms with E-state index >= 15 is 0 Å². The molecule has 0 amide bonds. The minimum absolute atomic E-state index is 0.106. The second-order valence-corrected chi connectivity index (χ2v) is 5.36. The smallest absolute Gasteiger partial charge is 0.360 e. The van der Waals surface area contributed by atoms with Crippen LogP contribution < -0.4 is 11.0 Å². The maximum Gasteiger partial charge on any atom is 0.360 e. The number of nitrogens with one attached hydrogen (secondary N) is 2. The predicted molar refractivity (Wildman–Crippen MR) is 95.7 cm³/mol. The van der Waals surface area contributed by atoms with Crippen molar-refractivity contribution >= 4 is 28.4 Å². The molecule has 2 N–H and O–H groups in total. The molecule has 0 aliphatic carbocycles. The maximum atomic E-state index is 12.3. The molecule has 0 bridgehead atoms. The number of hydrazone groups is 1. The summed E-state index contributed by atoms with van der Waals surface area (Å²) in [6, 6.07) is 14.5. The molecule has 0 spiro atoms. The van der Waals surface area contributed by atoms with Crippen LogP contribution in [0.3, 0.4) is 0 Å². The van der Waals surface area contributed by atoms with Gasteiger partial charge in [-0.25, -0.2) is 9.78 Å². The normalized spacial score (nSPS) is 11.4. The predicted octanol–water partition coefficient (Wildman–Crippen LogP) is 2.22. The second kappa shape index (κ2) is 6.96. The highest BCUT2D eigenvalue weighted by Gasteiger charge is 2.21. The van der Waals surface area contributed by atoms with E-state index in [4.69, 9.17) is 4.74 Å². The Hall–Kier alpha value is -3.48. The molecule has 7 nitrogen and oxygen atoms in total. The quantitative estimate of drug-likeness (QED) is 0.433. The number of methoxy groups -OCH3 is 1. The number of para-hydroxylation sites is 2. The lowest BCUT2D eigenvalue weighted by molar-refractivity contribution is -0.132. The number of fused-ring (bicyclic) bond motifs is 1. The highest BCUT2D eigenvalue weighted by molar-refractivity contribution is 6.42. The van der Waals surface area contributed by atoms with E-state index in [1.54, 1.807) is 24.3 Å². The zero-order valence-electron chi connectivity index (χ0n) is 13.7. The SMILES string of the molecule is COC(=O)/C(=N\Nc1ccc(C)cc1)c1nc2ccccc2[nH]c1=O. The Balaban J connectivity index is 2.05. The summed E-state index contributed by atoms with van der Waals surface area (Å²) < 4.78 is 4.74. The largest absolute Gasteiger partial charge is 0.464 e. The van der Waals surface area contributed by atoms with Crippen LogP contribution in [0, 0.1) is 6.92 Å². The van der Waals surface area contributed by atoms with Gasteiger partial charge >= 0.3 is 5.97 Å². The summed E-state index contributed by atoms with van der Waals surface area (Å²) >= 11 is 0. The monoisotopic (exact) mass is 336 g/mol. The molecule has 1 heterocycles. The first kappa shape index (κ1) is 16.4. The number of esters is 1. The molecular formula is C18H16N4O3. The number of H-pyrrole nitrogens is 1. The second-order valence-electron chi connectivity index (χ2n) is 5.36. The summed E-state index contributed by atoms with van der Waals surface area (Å²) in [6.45, 7) is 1.96. The van der Waals surface area contributed by atoms with Crippen molar-refractivity contribution in [2.24, 2.45) is 5.10 Å². The number of nitrogens with zero attached hydrogens (tertiary/aromatic N) is 2. The Morgan fingerprint density at radius 2 is 1.88 bits per heavy atom. The van der Waals surface area contributed by atoms with Gasteiger partial charge in [0, 0.05) is 0 Å². The van der Waals surface area contributed by atoms with E-state index in [1.165, 1.54) is 7.11 Å². The molecule has 2 aromatic carbocycles. The highest BCUT2D eigenvalue weighted by Crippen LogP contribution is 2.10. The number of carbonyl (C=O) groups is 1. The molecule has 7 heteroatoms. The van der Waals surface area contributed by atoms with Gasteiger partial charge in [-0.2, -0.15) is 5.10 Å². The molecule has 0 atom stereocenters. The minimum Gasteiger partial charge on any atom is -0.464 e. The summed E-state index contributed by atoms with van der Waals surface area (Å²) in [5.74, 6) is -0.757. The fraction of sp³-hybridized carbons (Fsp3) is 0.111. The van der Waals surface area contributed by atoms with Gasteiger partial charge in [0.15, 0.2) is 11.4 Å². The van der Waals surface area contributed by atoms with Crippen LogP contribution in [0.5, 0.6) is 0 Å². The summed E-state index contributed by atoms with van der Waals surface area (Å²) in [6.07, 6.45) is 0. The molecule has 1 aromatic heterocycles. The molecule has 0 radical (unpaired) electrons. The molecule has 0 saturated carbocycles. The summed E-state index contributed by atoms with van der Waals surface area (Å²) in [5.41, 5.74) is 4.81. The molecule has 3 aromatic rings. The Kier molecular flexibility index (Phi) is 4.56. The van der Waals surface area contributed by atoms with Crippen LogP contribution in [0.1, 0.15) is 11.3 Å². The van der Waals surface area contributed by atoms with Gasteiger partial charge in [0.05, 0.1) is 23.8 Å². The molecule has 0 fully saturated rings. The van der Waals surface area contributed by atoms with Crippen molar-refractivity contribution in [1.82, 2.24) is 9.97 Å². The van der Waals surface area contributed by atoms with E-state index in [0.717, 1.165) is 5.56 Å². The van der Waals surface area contributed by atoms with Crippen LogP contribution in [0.15, 0.2) is 58.4 Å². The van der Waals surface area contributed by atoms with Crippen molar-refractivity contribution in [3.05, 3.63) is 70.1 Å². The number of anilines is 1. The number of ether oxygens (including phenoxy) is 1. The number of hydrogen-bond acceptors (Lipinski definition) is 6. The molecule has 0 aliphatic heterocycles. The Morgan fingerprint density at radius 3 is 2.60 bits per heavy atom. The van der Waals surface area contributed by atoms with Gasteiger partial charge in [0.25, 0.3) is 5.56 Å². The number of aryl methyl sites for hydroxylation is 1. The zero-order valence-corrected chi connectivity index (χ0v) is 13.7. The van der Waals surface area contributed by atoms with Crippen LogP contribution in [-0.4, -0.2) is 28.8 Å². The highest BCUT2D eigenvalue weighted by atomic mass is 16.5. The van der Waals surface area contributed by atoms with Gasteiger partial charge in [-0.3, -0.25) is 10.2 Å². The Bertz CT molecular complexity index is 1010. The van der Waals surface area contributed by atoms with Crippen molar-refractivity contribution in [2.45, 2.75) is 6.92 Å². The standard InChI is InChI=1S/C18H16N4O3/c1-11-7-9-12(10-8-11)21-22-16(18(24)25-2)15-17(23)20-14-6-4-3-5-13(14)19-15/h3-10,21H,1-2H3,(H,20,23)/b22-16-. The average Bonchev–Trinajstić information content (AvgIpc) is 2.63. The van der Waals surface area contributed by atoms with E-state index in [1.807, 2.05) is 31.2 Å². The van der Waals surface area contributed by atoms with Crippen LogP contribution in [0.4, 0.5) is 5.69 Å². The summed E-state index contributed by atoms with van der Waals surface area (Å²) in [4.78, 5) is 31.4. The van der Waals surface area contributed by atoms with Crippen molar-refractivity contribution in [3.8, 4) is 0 Å². The number of benzene rings is 2. The van der Waals surface area contributed by atoms with Gasteiger partial charge in [0.1, 0.15) is 0 Å². The van der Waals surface area contributed by atoms with Crippen molar-refractivity contribution in [3.63, 3.8) is 0 Å². The maximum absolute atomic E-state index is 12.3. The fourth-order valence-electron chi connectivity index (χ4n) is 2.23. The summed E-state index contributed by atoms with van der Waals surface area (Å²) in [5, 5.41) is 4.04. The Morgan fingerprint density at radius 1 is 1.16 bits per heavy atom. The van der Waals surface area contributed by atoms with Crippen molar-refractivity contribution in [1.29, 1.82) is 0 Å². The molecule has 0 unspecified atom stereocenters. The molecule has 0 aliphatic rings. The third kappa shape index (κ3) is 3.55. The third-order valence-electron chi connectivity index (χ3n) is 3.55. The minimum atomic E-state index is -0.757. The molecule has 3 rings (SSSR count). The molecule has 25 heavy (non-hydrogen) atoms. The van der Waals surface area contributed by atoms with Gasteiger partial charge in [-0.15, -0.1) is 0 Å². The lowest BCUT2D eigenvalue weighted by atomic mass is 10.2. The van der Waals surface area contributed by atoms with E-state index in [2.05, 4.69) is 20.5 Å². The van der Waals surface area contributed by atoms with Crippen LogP contribution in [0.2, 0.25) is 0 Å². The van der Waals surface area contributed by atoms with Gasteiger partial charge < -0.3 is 9.72 Å². The van der Waals surface area contributed by atoms with Crippen LogP contribution in [-0.2, 0) is 9.53 Å². The number of aromatic amines is 1. The van der Waals surface area contributed by atoms with E-state index in [9.17, 15) is 9.59 Å². The molecule has 126 valence electrons. The summed E-state index contributed by atoms with van der Waals surface area (Å²) in [7, 11) is 1.22. The van der Waals surface area contributed by atoms with E-state index in [0.29, 0.717) is 16.7 Å². The first-order chi connectivity index (χ1) is 12.1. The number of rotatable bonds is 4. The van der Waals surface area contributed by atoms with Crippen molar-refractivity contribution in [2.75, 3.05) is 12.5 Å². The molecule has 0 saturated heterocycles. The van der Waals surface area contributed by atoms with Gasteiger partial charge in [0.2, 0.25) is 0 Å². The lowest BCUT2D eigenvalue weighted by Gasteiger charge is -2.06. The molecular weight excluding hydrogens is 320 g/mol. The van der Waals surface area contributed by atoms with E-state index in [-0.39, 0.29) is 11.4 Å². The fourth-order valence-corrected chi connectivity index (χ4v) is 2.23.